The highest BCUT2D eigenvalue weighted by Crippen LogP contribution is 2.32. The third kappa shape index (κ3) is 5.99. The molecule has 0 unspecified atom stereocenters. The molecule has 4 rings (SSSR count). The van der Waals surface area contributed by atoms with Gasteiger partial charge in [0.15, 0.2) is 0 Å². The average Bonchev–Trinajstić information content (AvgIpc) is 2.88. The molecular weight excluding hydrogens is 486 g/mol. The Morgan fingerprint density at radius 2 is 1.62 bits per heavy atom. The predicted molar refractivity (Wildman–Crippen MR) is 150 cm³/mol. The first-order valence-corrected chi connectivity index (χ1v) is 14.4. The number of benzene rings is 2. The summed E-state index contributed by atoms with van der Waals surface area (Å²) < 4.78 is 34.6. The molecule has 0 spiro atoms. The van der Waals surface area contributed by atoms with E-state index in [1.165, 1.54) is 0 Å². The summed E-state index contributed by atoms with van der Waals surface area (Å²) in [6, 6.07) is 9.85. The second kappa shape index (κ2) is 11.2. The van der Waals surface area contributed by atoms with Crippen molar-refractivity contribution in [1.29, 1.82) is 0 Å². The second-order valence-corrected chi connectivity index (χ2v) is 12.1. The Kier molecular flexibility index (Phi) is 8.23. The van der Waals surface area contributed by atoms with Gasteiger partial charge in [0, 0.05) is 32.6 Å². The van der Waals surface area contributed by atoms with Crippen LogP contribution < -0.4 is 19.7 Å². The van der Waals surface area contributed by atoms with Crippen LogP contribution in [0.2, 0.25) is 0 Å². The number of hydrogen-bond donors (Lipinski definition) is 2. The maximum absolute atomic E-state index is 13.2. The molecule has 1 aliphatic carbocycles. The van der Waals surface area contributed by atoms with Crippen LogP contribution in [0.15, 0.2) is 35.2 Å². The molecule has 1 fully saturated rings. The Hall–Kier alpha value is -2.91. The van der Waals surface area contributed by atoms with Gasteiger partial charge in [0.25, 0.3) is 0 Å². The second-order valence-electron chi connectivity index (χ2n) is 10.4. The maximum Gasteiger partial charge on any atom is 0.241 e. The normalized spacial score (nSPS) is 18.1. The molecule has 9 heteroatoms. The van der Waals surface area contributed by atoms with E-state index in [4.69, 9.17) is 14.7 Å². The van der Waals surface area contributed by atoms with Crippen LogP contribution in [0, 0.1) is 32.6 Å². The molecule has 3 aromatic rings. The number of rotatable bonds is 9. The van der Waals surface area contributed by atoms with E-state index >= 15 is 0 Å². The van der Waals surface area contributed by atoms with Gasteiger partial charge in [0.05, 0.1) is 17.5 Å². The van der Waals surface area contributed by atoms with Gasteiger partial charge in [-0.2, -0.15) is 4.98 Å². The van der Waals surface area contributed by atoms with Crippen molar-refractivity contribution in [3.63, 3.8) is 0 Å². The molecule has 1 heterocycles. The number of anilines is 2. The van der Waals surface area contributed by atoms with Crippen LogP contribution in [0.4, 0.5) is 11.8 Å². The first kappa shape index (κ1) is 27.1. The molecule has 0 saturated heterocycles. The number of ether oxygens (including phenoxy) is 1. The van der Waals surface area contributed by atoms with Gasteiger partial charge in [0.1, 0.15) is 11.6 Å². The fourth-order valence-electron chi connectivity index (χ4n) is 5.30. The Balaban J connectivity index is 1.32. The van der Waals surface area contributed by atoms with E-state index in [2.05, 4.69) is 10.0 Å². The molecule has 0 amide bonds. The summed E-state index contributed by atoms with van der Waals surface area (Å²) in [4.78, 5) is 11.8. The largest absolute Gasteiger partial charge is 0.496 e. The van der Waals surface area contributed by atoms with Gasteiger partial charge in [-0.25, -0.2) is 18.1 Å². The monoisotopic (exact) mass is 525 g/mol. The van der Waals surface area contributed by atoms with Crippen molar-refractivity contribution in [3.05, 3.63) is 47.0 Å². The van der Waals surface area contributed by atoms with Crippen molar-refractivity contribution >= 4 is 32.7 Å². The summed E-state index contributed by atoms with van der Waals surface area (Å²) in [7, 11) is 2.00. The van der Waals surface area contributed by atoms with Crippen LogP contribution in [0.3, 0.4) is 0 Å². The topological polar surface area (TPSA) is 96.5 Å². The molecule has 1 saturated carbocycles. The van der Waals surface area contributed by atoms with E-state index in [1.807, 2.05) is 64.0 Å². The van der Waals surface area contributed by atoms with Crippen molar-refractivity contribution in [2.24, 2.45) is 11.8 Å². The van der Waals surface area contributed by atoms with Gasteiger partial charge in [-0.1, -0.05) is 12.1 Å². The number of sulfonamides is 1. The van der Waals surface area contributed by atoms with Gasteiger partial charge in [-0.3, -0.25) is 0 Å². The van der Waals surface area contributed by atoms with Crippen LogP contribution in [0.5, 0.6) is 5.75 Å². The highest BCUT2D eigenvalue weighted by Gasteiger charge is 2.26. The maximum atomic E-state index is 13.2. The Morgan fingerprint density at radius 1 is 0.973 bits per heavy atom. The molecule has 0 atom stereocenters. The number of fused-ring (bicyclic) bond motifs is 1. The minimum atomic E-state index is -3.60. The molecule has 2 aromatic carbocycles. The number of aryl methyl sites for hydroxylation is 1. The van der Waals surface area contributed by atoms with E-state index in [-0.39, 0.29) is 0 Å². The van der Waals surface area contributed by atoms with Crippen LogP contribution in [-0.4, -0.2) is 52.7 Å². The standard InChI is InChI=1S/C28H39N5O3S/c1-18-15-25(36-6)19(2)20(3)26(18)37(34,35)30-17-22-13-11-21(12-14-22)16-29-28-31-24-10-8-7-9-23(24)27(32-28)33(4)5/h7-10,15,21-22,30H,11-14,16-17H2,1-6H3,(H,29,31,32)/t21-,22-. The minimum absolute atomic E-state index is 0.336. The summed E-state index contributed by atoms with van der Waals surface area (Å²) in [5.74, 6) is 3.12. The van der Waals surface area contributed by atoms with Crippen molar-refractivity contribution < 1.29 is 13.2 Å². The fourth-order valence-corrected chi connectivity index (χ4v) is 6.94. The van der Waals surface area contributed by atoms with E-state index < -0.39 is 10.0 Å². The summed E-state index contributed by atoms with van der Waals surface area (Å²) in [5, 5.41) is 4.49. The van der Waals surface area contributed by atoms with Gasteiger partial charge in [0.2, 0.25) is 16.0 Å². The first-order valence-electron chi connectivity index (χ1n) is 12.9. The molecule has 0 radical (unpaired) electrons. The summed E-state index contributed by atoms with van der Waals surface area (Å²) in [5.41, 5.74) is 3.23. The number of methoxy groups -OCH3 is 1. The Morgan fingerprint density at radius 3 is 2.27 bits per heavy atom. The molecule has 2 N–H and O–H groups in total. The quantitative estimate of drug-likeness (QED) is 0.413. The van der Waals surface area contributed by atoms with Gasteiger partial charge < -0.3 is 15.0 Å². The number of para-hydroxylation sites is 1. The smallest absolute Gasteiger partial charge is 0.241 e. The van der Waals surface area contributed by atoms with Crippen LogP contribution >= 0.6 is 0 Å². The lowest BCUT2D eigenvalue weighted by Gasteiger charge is -2.29. The molecule has 8 nitrogen and oxygen atoms in total. The zero-order chi connectivity index (χ0) is 26.7. The summed E-state index contributed by atoms with van der Waals surface area (Å²) in [6.45, 7) is 6.84. The van der Waals surface area contributed by atoms with Crippen LogP contribution in [0.1, 0.15) is 42.4 Å². The van der Waals surface area contributed by atoms with Crippen LogP contribution in [0.25, 0.3) is 10.9 Å². The molecule has 1 aromatic heterocycles. The van der Waals surface area contributed by atoms with Crippen molar-refractivity contribution in [2.45, 2.75) is 51.3 Å². The highest BCUT2D eigenvalue weighted by molar-refractivity contribution is 7.89. The third-order valence-corrected chi connectivity index (χ3v) is 9.26. The van der Waals surface area contributed by atoms with Crippen molar-refractivity contribution in [3.8, 4) is 5.75 Å². The van der Waals surface area contributed by atoms with Crippen LogP contribution in [-0.2, 0) is 10.0 Å². The molecule has 0 aliphatic heterocycles. The van der Waals surface area contributed by atoms with E-state index in [0.717, 1.165) is 60.1 Å². The molecule has 37 heavy (non-hydrogen) atoms. The molecule has 200 valence electrons. The lowest BCUT2D eigenvalue weighted by atomic mass is 9.82. The average molecular weight is 526 g/mol. The van der Waals surface area contributed by atoms with Gasteiger partial charge in [-0.05, 0) is 93.2 Å². The summed E-state index contributed by atoms with van der Waals surface area (Å²) in [6.07, 6.45) is 4.09. The SMILES string of the molecule is COc1cc(C)c(S(=O)(=O)NC[C@H]2CC[C@H](CNc3nc(N(C)C)c4ccccc4n3)CC2)c(C)c1C. The zero-order valence-corrected chi connectivity index (χ0v) is 23.6. The zero-order valence-electron chi connectivity index (χ0n) is 22.8. The fraction of sp³-hybridized carbons (Fsp3) is 0.500. The lowest BCUT2D eigenvalue weighted by molar-refractivity contribution is 0.284. The van der Waals surface area contributed by atoms with E-state index in [0.29, 0.717) is 40.5 Å². The Bertz CT molecular complexity index is 1370. The third-order valence-electron chi connectivity index (χ3n) is 7.55. The number of nitrogens with one attached hydrogen (secondary N) is 2. The van der Waals surface area contributed by atoms with Gasteiger partial charge in [-0.15, -0.1) is 0 Å². The van der Waals surface area contributed by atoms with Crippen molar-refractivity contribution in [1.82, 2.24) is 14.7 Å². The minimum Gasteiger partial charge on any atom is -0.496 e. The number of hydrogen-bond acceptors (Lipinski definition) is 7. The molecule has 1 aliphatic rings. The summed E-state index contributed by atoms with van der Waals surface area (Å²) >= 11 is 0. The van der Waals surface area contributed by atoms with E-state index in [9.17, 15) is 8.42 Å². The molecular formula is C28H39N5O3S. The van der Waals surface area contributed by atoms with Gasteiger partial charge >= 0.3 is 0 Å². The highest BCUT2D eigenvalue weighted by atomic mass is 32.2. The molecule has 0 bridgehead atoms. The Labute approximate surface area is 220 Å². The van der Waals surface area contributed by atoms with Crippen molar-refractivity contribution in [2.75, 3.05) is 44.5 Å². The lowest BCUT2D eigenvalue weighted by Crippen LogP contribution is -2.33. The number of nitrogens with zero attached hydrogens (tertiary/aromatic N) is 3. The predicted octanol–water partition coefficient (Wildman–Crippen LogP) is 4.83. The van der Waals surface area contributed by atoms with E-state index in [1.54, 1.807) is 13.2 Å². The first-order chi connectivity index (χ1) is 17.6. The number of aromatic nitrogens is 2.